The zero-order valence-corrected chi connectivity index (χ0v) is 10.8. The van der Waals surface area contributed by atoms with Crippen molar-refractivity contribution in [1.82, 2.24) is 9.80 Å². The number of hydrogen-bond acceptors (Lipinski definition) is 2. The van der Waals surface area contributed by atoms with Crippen LogP contribution in [0.2, 0.25) is 0 Å². The Morgan fingerprint density at radius 3 is 2.00 bits per heavy atom. The molecule has 0 aliphatic carbocycles. The maximum absolute atomic E-state index is 2.64. The summed E-state index contributed by atoms with van der Waals surface area (Å²) in [5, 5.41) is 0. The molecule has 1 atom stereocenters. The SMILES string of the molecule is CC(C)N1CCC2(CCN(C)C2C)CC1. The summed E-state index contributed by atoms with van der Waals surface area (Å²) in [5.74, 6) is 0. The molecule has 2 aliphatic heterocycles. The molecule has 2 aliphatic rings. The Morgan fingerprint density at radius 1 is 1.07 bits per heavy atom. The van der Waals surface area contributed by atoms with E-state index >= 15 is 0 Å². The first-order chi connectivity index (χ1) is 7.05. The van der Waals surface area contributed by atoms with Crippen LogP contribution in [0.3, 0.4) is 0 Å². The molecule has 0 aromatic heterocycles. The molecule has 2 fully saturated rings. The van der Waals surface area contributed by atoms with Crippen LogP contribution in [0.4, 0.5) is 0 Å². The van der Waals surface area contributed by atoms with Crippen LogP contribution in [-0.4, -0.2) is 48.6 Å². The summed E-state index contributed by atoms with van der Waals surface area (Å²) in [6.07, 6.45) is 4.25. The molecule has 2 heteroatoms. The van der Waals surface area contributed by atoms with E-state index in [4.69, 9.17) is 0 Å². The van der Waals surface area contributed by atoms with Crippen molar-refractivity contribution in [3.63, 3.8) is 0 Å². The van der Waals surface area contributed by atoms with Gasteiger partial charge in [0.1, 0.15) is 0 Å². The third-order valence-electron chi connectivity index (χ3n) is 5.03. The molecule has 0 N–H and O–H groups in total. The van der Waals surface area contributed by atoms with E-state index in [1.165, 1.54) is 38.9 Å². The average molecular weight is 210 g/mol. The van der Waals surface area contributed by atoms with Gasteiger partial charge in [0.2, 0.25) is 0 Å². The van der Waals surface area contributed by atoms with Crippen molar-refractivity contribution in [3.8, 4) is 0 Å². The van der Waals surface area contributed by atoms with E-state index in [-0.39, 0.29) is 0 Å². The summed E-state index contributed by atoms with van der Waals surface area (Å²) in [6, 6.07) is 1.53. The predicted molar refractivity (Wildman–Crippen MR) is 65.1 cm³/mol. The summed E-state index contributed by atoms with van der Waals surface area (Å²) < 4.78 is 0. The van der Waals surface area contributed by atoms with Crippen LogP contribution in [0.15, 0.2) is 0 Å². The molecule has 88 valence electrons. The molecular weight excluding hydrogens is 184 g/mol. The van der Waals surface area contributed by atoms with Gasteiger partial charge in [-0.2, -0.15) is 0 Å². The van der Waals surface area contributed by atoms with Gasteiger partial charge >= 0.3 is 0 Å². The molecule has 2 rings (SSSR count). The van der Waals surface area contributed by atoms with Gasteiger partial charge in [-0.25, -0.2) is 0 Å². The van der Waals surface area contributed by atoms with Gasteiger partial charge in [0.25, 0.3) is 0 Å². The Bertz CT molecular complexity index is 217. The molecule has 0 aromatic carbocycles. The zero-order chi connectivity index (χ0) is 11.1. The van der Waals surface area contributed by atoms with Crippen molar-refractivity contribution in [2.45, 2.75) is 52.1 Å². The van der Waals surface area contributed by atoms with Crippen LogP contribution in [0.5, 0.6) is 0 Å². The molecular formula is C13H26N2. The highest BCUT2D eigenvalue weighted by molar-refractivity contribution is 4.98. The number of piperidine rings is 1. The Morgan fingerprint density at radius 2 is 1.60 bits per heavy atom. The van der Waals surface area contributed by atoms with Crippen LogP contribution >= 0.6 is 0 Å². The first kappa shape index (κ1) is 11.4. The Hall–Kier alpha value is -0.0800. The number of rotatable bonds is 1. The summed E-state index contributed by atoms with van der Waals surface area (Å²) in [7, 11) is 2.29. The number of nitrogens with zero attached hydrogens (tertiary/aromatic N) is 2. The van der Waals surface area contributed by atoms with Gasteiger partial charge in [0, 0.05) is 12.1 Å². The summed E-state index contributed by atoms with van der Waals surface area (Å²) >= 11 is 0. The first-order valence-electron chi connectivity index (χ1n) is 6.49. The maximum atomic E-state index is 2.64. The van der Waals surface area contributed by atoms with Gasteiger partial charge in [-0.1, -0.05) is 0 Å². The van der Waals surface area contributed by atoms with E-state index in [0.717, 1.165) is 12.1 Å². The normalized spacial score (nSPS) is 33.0. The third-order valence-corrected chi connectivity index (χ3v) is 5.03. The van der Waals surface area contributed by atoms with Gasteiger partial charge in [-0.15, -0.1) is 0 Å². The predicted octanol–water partition coefficient (Wildman–Crippen LogP) is 2.20. The molecule has 0 saturated carbocycles. The molecule has 2 saturated heterocycles. The van der Waals surface area contributed by atoms with Crippen LogP contribution < -0.4 is 0 Å². The molecule has 2 heterocycles. The van der Waals surface area contributed by atoms with Crippen molar-refractivity contribution in [2.75, 3.05) is 26.7 Å². The number of likely N-dealkylation sites (tertiary alicyclic amines) is 2. The van der Waals surface area contributed by atoms with Crippen LogP contribution in [-0.2, 0) is 0 Å². The lowest BCUT2D eigenvalue weighted by Gasteiger charge is -2.44. The minimum absolute atomic E-state index is 0.653. The second-order valence-corrected chi connectivity index (χ2v) is 5.90. The van der Waals surface area contributed by atoms with Crippen molar-refractivity contribution < 1.29 is 0 Å². The fourth-order valence-corrected chi connectivity index (χ4v) is 3.42. The van der Waals surface area contributed by atoms with Crippen molar-refractivity contribution in [3.05, 3.63) is 0 Å². The van der Waals surface area contributed by atoms with Crippen molar-refractivity contribution in [1.29, 1.82) is 0 Å². The van der Waals surface area contributed by atoms with Crippen LogP contribution in [0.25, 0.3) is 0 Å². The monoisotopic (exact) mass is 210 g/mol. The molecule has 1 spiro atoms. The number of hydrogen-bond donors (Lipinski definition) is 0. The van der Waals surface area contributed by atoms with Crippen molar-refractivity contribution >= 4 is 0 Å². The summed E-state index contributed by atoms with van der Waals surface area (Å²) in [5.41, 5.74) is 0.653. The second kappa shape index (κ2) is 4.06. The van der Waals surface area contributed by atoms with Gasteiger partial charge < -0.3 is 9.80 Å². The summed E-state index contributed by atoms with van der Waals surface area (Å²) in [4.78, 5) is 5.18. The van der Waals surface area contributed by atoms with Crippen LogP contribution in [0.1, 0.15) is 40.0 Å². The molecule has 0 aromatic rings. The standard InChI is InChI=1S/C13H26N2/c1-11(2)15-9-6-13(7-10-15)5-8-14(4)12(13)3/h11-12H,5-10H2,1-4H3. The molecule has 0 radical (unpaired) electrons. The van der Waals surface area contributed by atoms with Crippen molar-refractivity contribution in [2.24, 2.45) is 5.41 Å². The lowest BCUT2D eigenvalue weighted by Crippen LogP contribution is -2.47. The second-order valence-electron chi connectivity index (χ2n) is 5.90. The lowest BCUT2D eigenvalue weighted by atomic mass is 9.73. The Kier molecular flexibility index (Phi) is 3.09. The highest BCUT2D eigenvalue weighted by Crippen LogP contribution is 2.44. The molecule has 2 nitrogen and oxygen atoms in total. The molecule has 0 bridgehead atoms. The average Bonchev–Trinajstić information content (AvgIpc) is 2.48. The minimum Gasteiger partial charge on any atom is -0.303 e. The van der Waals surface area contributed by atoms with Gasteiger partial charge in [0.05, 0.1) is 0 Å². The van der Waals surface area contributed by atoms with E-state index in [0.29, 0.717) is 5.41 Å². The van der Waals surface area contributed by atoms with Crippen LogP contribution in [0, 0.1) is 5.41 Å². The minimum atomic E-state index is 0.653. The zero-order valence-electron chi connectivity index (χ0n) is 10.8. The molecule has 15 heavy (non-hydrogen) atoms. The third kappa shape index (κ3) is 1.94. The topological polar surface area (TPSA) is 6.48 Å². The maximum Gasteiger partial charge on any atom is 0.0122 e. The Balaban J connectivity index is 1.98. The highest BCUT2D eigenvalue weighted by Gasteiger charge is 2.44. The lowest BCUT2D eigenvalue weighted by molar-refractivity contribution is 0.0610. The van der Waals surface area contributed by atoms with E-state index in [2.05, 4.69) is 37.6 Å². The quantitative estimate of drug-likeness (QED) is 0.654. The van der Waals surface area contributed by atoms with E-state index in [1.54, 1.807) is 0 Å². The first-order valence-corrected chi connectivity index (χ1v) is 6.49. The largest absolute Gasteiger partial charge is 0.303 e. The summed E-state index contributed by atoms with van der Waals surface area (Å²) in [6.45, 7) is 11.0. The van der Waals surface area contributed by atoms with Gasteiger partial charge in [0.15, 0.2) is 0 Å². The van der Waals surface area contributed by atoms with Gasteiger partial charge in [-0.3, -0.25) is 0 Å². The van der Waals surface area contributed by atoms with E-state index < -0.39 is 0 Å². The van der Waals surface area contributed by atoms with E-state index in [9.17, 15) is 0 Å². The van der Waals surface area contributed by atoms with E-state index in [1.807, 2.05) is 0 Å². The fourth-order valence-electron chi connectivity index (χ4n) is 3.42. The fraction of sp³-hybridized carbons (Fsp3) is 1.00. The highest BCUT2D eigenvalue weighted by atomic mass is 15.2. The molecule has 1 unspecified atom stereocenters. The Labute approximate surface area is 94.6 Å². The van der Waals surface area contributed by atoms with Gasteiger partial charge in [-0.05, 0) is 72.1 Å². The molecule has 0 amide bonds. The smallest absolute Gasteiger partial charge is 0.0122 e.